The van der Waals surface area contributed by atoms with Crippen molar-refractivity contribution in [2.75, 3.05) is 0 Å². The van der Waals surface area contributed by atoms with Crippen molar-refractivity contribution in [3.8, 4) is 103 Å². The molecule has 0 unspecified atom stereocenters. The van der Waals surface area contributed by atoms with Gasteiger partial charge in [0.1, 0.15) is 0 Å². The van der Waals surface area contributed by atoms with Crippen LogP contribution < -0.4 is 0 Å². The van der Waals surface area contributed by atoms with Gasteiger partial charge in [0.25, 0.3) is 0 Å². The van der Waals surface area contributed by atoms with E-state index in [1.807, 2.05) is 182 Å². The molecule has 0 fully saturated rings. The molecule has 0 aliphatic heterocycles. The Labute approximate surface area is 470 Å². The summed E-state index contributed by atoms with van der Waals surface area (Å²) >= 11 is 0. The molecule has 0 amide bonds. The molecule has 0 spiro atoms. The Morgan fingerprint density at radius 3 is 0.988 bits per heavy atom. The van der Waals surface area contributed by atoms with Crippen LogP contribution in [0.5, 0.6) is 0 Å². The fraction of sp³-hybridized carbons (Fsp3) is 0. The predicted molar refractivity (Wildman–Crippen MR) is 325 cm³/mol. The van der Waals surface area contributed by atoms with E-state index in [1.165, 1.54) is 0 Å². The van der Waals surface area contributed by atoms with Crippen LogP contribution in [0.3, 0.4) is 0 Å². The predicted octanol–water partition coefficient (Wildman–Crippen LogP) is 16.3. The molecule has 0 aliphatic carbocycles. The molecule has 0 aliphatic rings. The van der Waals surface area contributed by atoms with E-state index >= 15 is 0 Å². The number of para-hydroxylation sites is 2. The second-order valence-electron chi connectivity index (χ2n) is 19.7. The molecule has 0 bridgehead atoms. The number of hydrogen-bond donors (Lipinski definition) is 0. The molecule has 12 nitrogen and oxygen atoms in total. The quantitative estimate of drug-likeness (QED) is 0.123. The molecule has 0 saturated heterocycles. The van der Waals surface area contributed by atoms with Crippen molar-refractivity contribution in [3.05, 3.63) is 266 Å². The van der Waals surface area contributed by atoms with Crippen LogP contribution in [0, 0.1) is 6.57 Å². The van der Waals surface area contributed by atoms with Crippen molar-refractivity contribution >= 4 is 49.3 Å². The number of aromatic nitrogens is 11. The van der Waals surface area contributed by atoms with Gasteiger partial charge in [0.05, 0.1) is 34.3 Å². The van der Waals surface area contributed by atoms with Crippen molar-refractivity contribution in [3.63, 3.8) is 0 Å². The zero-order valence-corrected chi connectivity index (χ0v) is 43.6. The molecule has 15 rings (SSSR count). The molecule has 0 saturated carbocycles. The van der Waals surface area contributed by atoms with Gasteiger partial charge in [-0.05, 0) is 60.7 Å². The monoisotopic (exact) mass is 1050 g/mol. The minimum Gasteiger partial charge on any atom is -0.309 e. The fourth-order valence-corrected chi connectivity index (χ4v) is 10.8. The van der Waals surface area contributed by atoms with Crippen LogP contribution in [0.15, 0.2) is 255 Å². The van der Waals surface area contributed by atoms with Gasteiger partial charge in [-0.3, -0.25) is 4.57 Å². The maximum Gasteiger partial charge on any atom is 0.238 e. The Balaban J connectivity index is 0.992. The third kappa shape index (κ3) is 8.46. The molecule has 82 heavy (non-hydrogen) atoms. The first-order chi connectivity index (χ1) is 40.6. The van der Waals surface area contributed by atoms with E-state index in [0.717, 1.165) is 88.2 Å². The smallest absolute Gasteiger partial charge is 0.238 e. The fourth-order valence-electron chi connectivity index (χ4n) is 10.8. The van der Waals surface area contributed by atoms with Gasteiger partial charge >= 0.3 is 0 Å². The molecule has 0 radical (unpaired) electrons. The van der Waals surface area contributed by atoms with E-state index in [1.54, 1.807) is 0 Å². The third-order valence-corrected chi connectivity index (χ3v) is 14.7. The third-order valence-electron chi connectivity index (χ3n) is 14.7. The summed E-state index contributed by atoms with van der Waals surface area (Å²) in [5.74, 6) is 4.60. The van der Waals surface area contributed by atoms with Crippen molar-refractivity contribution in [1.29, 1.82) is 0 Å². The average Bonchev–Trinajstić information content (AvgIpc) is 3.92. The Morgan fingerprint density at radius 1 is 0.256 bits per heavy atom. The average molecular weight is 1050 g/mol. The first-order valence-corrected chi connectivity index (χ1v) is 26.7. The lowest BCUT2D eigenvalue weighted by atomic mass is 10.1. The van der Waals surface area contributed by atoms with Gasteiger partial charge < -0.3 is 4.57 Å². The SMILES string of the molecule is [C-]#[N+]c1ccc(-n2c3ccc(-c4nc(-c5ccccc5)nc(-c5ccccc5)n4)cc3c3cc(-c4nc(-c5ccccc5)nc(-c5ccccc5)n4)ccc32)c(-c2nc(-c3ccccc3)nc(-n3c4ccccc4c4ccccc43)n2)c1. The summed E-state index contributed by atoms with van der Waals surface area (Å²) in [6.07, 6.45) is 0. The summed E-state index contributed by atoms with van der Waals surface area (Å²) in [5.41, 5.74) is 11.4. The number of benzene rings is 10. The number of hydrogen-bond acceptors (Lipinski definition) is 9. The highest BCUT2D eigenvalue weighted by molar-refractivity contribution is 6.12. The van der Waals surface area contributed by atoms with Crippen LogP contribution in [0.1, 0.15) is 0 Å². The lowest BCUT2D eigenvalue weighted by Gasteiger charge is -2.16. The Bertz CT molecular complexity index is 4630. The number of nitrogens with zero attached hydrogens (tertiary/aromatic N) is 12. The van der Waals surface area contributed by atoms with Gasteiger partial charge in [-0.1, -0.05) is 194 Å². The first-order valence-electron chi connectivity index (χ1n) is 26.7. The van der Waals surface area contributed by atoms with E-state index < -0.39 is 0 Å². The zero-order valence-electron chi connectivity index (χ0n) is 43.6. The number of fused-ring (bicyclic) bond motifs is 6. The summed E-state index contributed by atoms with van der Waals surface area (Å²) in [5, 5.41) is 3.97. The highest BCUT2D eigenvalue weighted by Crippen LogP contribution is 2.41. The molecule has 10 aromatic carbocycles. The lowest BCUT2D eigenvalue weighted by molar-refractivity contribution is 0.952. The molecule has 5 heterocycles. The van der Waals surface area contributed by atoms with Gasteiger partial charge in [0, 0.05) is 66.1 Å². The topological polar surface area (TPSA) is 130 Å². The molecule has 12 heteroatoms. The Morgan fingerprint density at radius 2 is 0.585 bits per heavy atom. The Kier molecular flexibility index (Phi) is 11.6. The molecular formula is C70H42N12. The van der Waals surface area contributed by atoms with Crippen LogP contribution in [-0.2, 0) is 0 Å². The van der Waals surface area contributed by atoms with E-state index in [0.29, 0.717) is 63.8 Å². The first kappa shape index (κ1) is 47.5. The van der Waals surface area contributed by atoms with Crippen LogP contribution in [0.25, 0.3) is 151 Å². The number of rotatable bonds is 10. The summed E-state index contributed by atoms with van der Waals surface area (Å²) in [4.78, 5) is 50.5. The Hall–Kier alpha value is -11.7. The molecule has 5 aromatic heterocycles. The van der Waals surface area contributed by atoms with E-state index in [9.17, 15) is 0 Å². The van der Waals surface area contributed by atoms with Gasteiger partial charge in [-0.25, -0.2) is 39.7 Å². The second kappa shape index (κ2) is 20.0. The molecular weight excluding hydrogens is 1010 g/mol. The zero-order chi connectivity index (χ0) is 54.5. The second-order valence-corrected chi connectivity index (χ2v) is 19.7. The van der Waals surface area contributed by atoms with Gasteiger partial charge in [0.15, 0.2) is 52.3 Å². The highest BCUT2D eigenvalue weighted by atomic mass is 15.2. The summed E-state index contributed by atoms with van der Waals surface area (Å²) in [6.45, 7) is 8.34. The molecule has 382 valence electrons. The van der Waals surface area contributed by atoms with E-state index in [2.05, 4.69) is 86.8 Å². The largest absolute Gasteiger partial charge is 0.309 e. The lowest BCUT2D eigenvalue weighted by Crippen LogP contribution is -2.07. The molecule has 0 atom stereocenters. The normalized spacial score (nSPS) is 11.4. The van der Waals surface area contributed by atoms with Gasteiger partial charge in [0.2, 0.25) is 5.95 Å². The van der Waals surface area contributed by atoms with Crippen LogP contribution >= 0.6 is 0 Å². The molecule has 0 N–H and O–H groups in total. The van der Waals surface area contributed by atoms with Gasteiger partial charge in [-0.15, -0.1) is 0 Å². The maximum atomic E-state index is 8.34. The van der Waals surface area contributed by atoms with E-state index in [-0.39, 0.29) is 0 Å². The summed E-state index contributed by atoms with van der Waals surface area (Å²) in [6, 6.07) is 84.9. The van der Waals surface area contributed by atoms with Crippen molar-refractivity contribution in [2.24, 2.45) is 0 Å². The highest BCUT2D eigenvalue weighted by Gasteiger charge is 2.24. The van der Waals surface area contributed by atoms with Gasteiger partial charge in [-0.2, -0.15) is 9.97 Å². The van der Waals surface area contributed by atoms with Crippen molar-refractivity contribution < 1.29 is 0 Å². The van der Waals surface area contributed by atoms with E-state index in [4.69, 9.17) is 51.4 Å². The van der Waals surface area contributed by atoms with Crippen LogP contribution in [0.2, 0.25) is 0 Å². The van der Waals surface area contributed by atoms with Crippen LogP contribution in [0.4, 0.5) is 5.69 Å². The van der Waals surface area contributed by atoms with Crippen molar-refractivity contribution in [2.45, 2.75) is 0 Å². The standard InChI is InChI=1S/C70H42N12/c1-71-51-37-40-61(56(43-51)69-78-66(48-29-15-6-16-30-48)79-70(80-69)82-57-33-19-17-31-52(57)53-32-18-20-34-58(53)82)81-59-38-35-49(67-74-62(44-21-7-2-8-22-44)72-63(75-67)45-23-9-3-10-24-45)41-54(59)55-42-50(36-39-60(55)81)68-76-64(46-25-11-4-12-26-46)73-65(77-68)47-27-13-5-14-28-47/h2-43H. The van der Waals surface area contributed by atoms with Crippen molar-refractivity contribution in [1.82, 2.24) is 54.0 Å². The summed E-state index contributed by atoms with van der Waals surface area (Å²) in [7, 11) is 0. The maximum absolute atomic E-state index is 8.34. The minimum absolute atomic E-state index is 0.397. The minimum atomic E-state index is 0.397. The summed E-state index contributed by atoms with van der Waals surface area (Å²) < 4.78 is 4.33. The van der Waals surface area contributed by atoms with Crippen LogP contribution in [-0.4, -0.2) is 54.0 Å². The molecule has 15 aromatic rings.